The van der Waals surface area contributed by atoms with E-state index in [9.17, 15) is 19.5 Å². The minimum absolute atomic E-state index is 0.0877. The summed E-state index contributed by atoms with van der Waals surface area (Å²) in [6.45, 7) is 0. The average Bonchev–Trinajstić information content (AvgIpc) is 2.74. The van der Waals surface area contributed by atoms with E-state index in [1.165, 1.54) is 36.5 Å². The van der Waals surface area contributed by atoms with Crippen LogP contribution >= 0.6 is 11.6 Å². The summed E-state index contributed by atoms with van der Waals surface area (Å²) in [5, 5.41) is 12.6. The monoisotopic (exact) mass is 410 g/mol. The number of rotatable bonds is 4. The van der Waals surface area contributed by atoms with Gasteiger partial charge in [-0.25, -0.2) is 0 Å². The summed E-state index contributed by atoms with van der Waals surface area (Å²) >= 11 is 5.81. The maximum atomic E-state index is 12.3. The second-order valence-corrected chi connectivity index (χ2v) is 6.28. The summed E-state index contributed by atoms with van der Waals surface area (Å²) in [6.07, 6.45) is 2.98. The van der Waals surface area contributed by atoms with E-state index in [0.29, 0.717) is 11.3 Å². The van der Waals surface area contributed by atoms with Crippen LogP contribution in [0.15, 0.2) is 67.0 Å². The third-order valence-corrected chi connectivity index (χ3v) is 4.03. The molecular weight excluding hydrogens is 396 g/mol. The van der Waals surface area contributed by atoms with E-state index in [-0.39, 0.29) is 27.8 Å². The van der Waals surface area contributed by atoms with Crippen LogP contribution < -0.4 is 16.2 Å². The molecule has 0 saturated carbocycles. The molecule has 1 heterocycles. The van der Waals surface area contributed by atoms with Gasteiger partial charge in [0.15, 0.2) is 0 Å². The Balaban J connectivity index is 1.64. The van der Waals surface area contributed by atoms with Crippen LogP contribution in [-0.4, -0.2) is 27.8 Å². The van der Waals surface area contributed by atoms with Crippen LogP contribution in [0.1, 0.15) is 31.1 Å². The number of benzene rings is 2. The number of hydrogen-bond acceptors (Lipinski definition) is 5. The molecule has 0 bridgehead atoms. The molecule has 0 aliphatic rings. The average molecular weight is 411 g/mol. The quantitative estimate of drug-likeness (QED) is 0.493. The molecule has 1 aromatic heterocycles. The number of aromatic nitrogens is 1. The first-order chi connectivity index (χ1) is 13.9. The molecule has 0 atom stereocenters. The molecule has 3 aromatic rings. The minimum Gasteiger partial charge on any atom is -0.507 e. The number of phenols is 1. The number of hydrazine groups is 1. The van der Waals surface area contributed by atoms with Gasteiger partial charge in [0, 0.05) is 28.7 Å². The molecule has 3 amide bonds. The SMILES string of the molecule is O=C(NNC(=O)c1cc(Cl)ccc1O)c1cccc(NC(=O)c2cccnc2)c1. The van der Waals surface area contributed by atoms with Gasteiger partial charge in [-0.15, -0.1) is 0 Å². The largest absolute Gasteiger partial charge is 0.507 e. The lowest BCUT2D eigenvalue weighted by Gasteiger charge is -2.10. The summed E-state index contributed by atoms with van der Waals surface area (Å²) in [4.78, 5) is 40.5. The van der Waals surface area contributed by atoms with Crippen molar-refractivity contribution in [2.45, 2.75) is 0 Å². The van der Waals surface area contributed by atoms with Crippen LogP contribution in [0.4, 0.5) is 5.69 Å². The first kappa shape index (κ1) is 19.8. The summed E-state index contributed by atoms with van der Waals surface area (Å²) in [6, 6.07) is 13.4. The Morgan fingerprint density at radius 2 is 1.62 bits per heavy atom. The molecule has 0 fully saturated rings. The summed E-state index contributed by atoms with van der Waals surface area (Å²) in [7, 11) is 0. The third-order valence-electron chi connectivity index (χ3n) is 3.80. The van der Waals surface area contributed by atoms with Crippen molar-refractivity contribution >= 4 is 35.0 Å². The van der Waals surface area contributed by atoms with E-state index in [1.807, 2.05) is 0 Å². The van der Waals surface area contributed by atoms with E-state index >= 15 is 0 Å². The van der Waals surface area contributed by atoms with Gasteiger partial charge in [-0.05, 0) is 48.5 Å². The van der Waals surface area contributed by atoms with Gasteiger partial charge in [0.25, 0.3) is 17.7 Å². The van der Waals surface area contributed by atoms with Crippen molar-refractivity contribution in [3.8, 4) is 5.75 Å². The standard InChI is InChI=1S/C20H15ClN4O4/c21-14-6-7-17(26)16(10-14)20(29)25-24-19(28)12-3-1-5-15(9-12)23-18(27)13-4-2-8-22-11-13/h1-11,26H,(H,23,27)(H,24,28)(H,25,29). The van der Waals surface area contributed by atoms with Gasteiger partial charge in [0.05, 0.1) is 11.1 Å². The molecule has 4 N–H and O–H groups in total. The van der Waals surface area contributed by atoms with Crippen molar-refractivity contribution in [2.24, 2.45) is 0 Å². The number of carbonyl (C=O) groups excluding carboxylic acids is 3. The summed E-state index contributed by atoms with van der Waals surface area (Å²) in [5.74, 6) is -2.00. The van der Waals surface area contributed by atoms with Gasteiger partial charge in [-0.3, -0.25) is 30.2 Å². The van der Waals surface area contributed by atoms with Gasteiger partial charge in [0.1, 0.15) is 5.75 Å². The molecule has 0 aliphatic heterocycles. The Bertz CT molecular complexity index is 1070. The predicted molar refractivity (Wildman–Crippen MR) is 107 cm³/mol. The normalized spacial score (nSPS) is 10.1. The maximum absolute atomic E-state index is 12.3. The number of carbonyl (C=O) groups is 3. The van der Waals surface area contributed by atoms with Crippen molar-refractivity contribution in [1.29, 1.82) is 0 Å². The molecular formula is C20H15ClN4O4. The van der Waals surface area contributed by atoms with Crippen LogP contribution in [-0.2, 0) is 0 Å². The van der Waals surface area contributed by atoms with E-state index < -0.39 is 11.8 Å². The number of nitrogens with one attached hydrogen (secondary N) is 3. The lowest BCUT2D eigenvalue weighted by Crippen LogP contribution is -2.41. The Morgan fingerprint density at radius 1 is 0.862 bits per heavy atom. The minimum atomic E-state index is -0.737. The van der Waals surface area contributed by atoms with Crippen molar-refractivity contribution in [3.63, 3.8) is 0 Å². The second kappa shape index (κ2) is 8.85. The van der Waals surface area contributed by atoms with Crippen molar-refractivity contribution in [3.05, 3.63) is 88.7 Å². The van der Waals surface area contributed by atoms with Gasteiger partial charge in [-0.2, -0.15) is 0 Å². The Hall–Kier alpha value is -3.91. The van der Waals surface area contributed by atoms with Gasteiger partial charge in [-0.1, -0.05) is 17.7 Å². The molecule has 9 heteroatoms. The molecule has 2 aromatic carbocycles. The maximum Gasteiger partial charge on any atom is 0.273 e. The lowest BCUT2D eigenvalue weighted by molar-refractivity contribution is 0.0845. The summed E-state index contributed by atoms with van der Waals surface area (Å²) < 4.78 is 0. The lowest BCUT2D eigenvalue weighted by atomic mass is 10.2. The predicted octanol–water partition coefficient (Wildman–Crippen LogP) is 2.77. The van der Waals surface area contributed by atoms with Crippen molar-refractivity contribution in [1.82, 2.24) is 15.8 Å². The first-order valence-electron chi connectivity index (χ1n) is 8.34. The highest BCUT2D eigenvalue weighted by Gasteiger charge is 2.14. The highest BCUT2D eigenvalue weighted by molar-refractivity contribution is 6.31. The molecule has 0 aliphatic carbocycles. The van der Waals surface area contributed by atoms with E-state index in [4.69, 9.17) is 11.6 Å². The van der Waals surface area contributed by atoms with Crippen molar-refractivity contribution < 1.29 is 19.5 Å². The number of pyridine rings is 1. The van der Waals surface area contributed by atoms with Crippen molar-refractivity contribution in [2.75, 3.05) is 5.32 Å². The molecule has 0 spiro atoms. The fourth-order valence-corrected chi connectivity index (χ4v) is 2.55. The highest BCUT2D eigenvalue weighted by Crippen LogP contribution is 2.21. The second-order valence-electron chi connectivity index (χ2n) is 5.85. The smallest absolute Gasteiger partial charge is 0.273 e. The summed E-state index contributed by atoms with van der Waals surface area (Å²) in [5.41, 5.74) is 5.32. The fraction of sp³-hybridized carbons (Fsp3) is 0. The van der Waals surface area contributed by atoms with Crippen LogP contribution in [0.5, 0.6) is 5.75 Å². The third kappa shape index (κ3) is 5.08. The first-order valence-corrected chi connectivity index (χ1v) is 8.72. The van der Waals surface area contributed by atoms with Crippen LogP contribution in [0.25, 0.3) is 0 Å². The van der Waals surface area contributed by atoms with Crippen LogP contribution in [0.2, 0.25) is 5.02 Å². The molecule has 0 unspecified atom stereocenters. The Labute approximate surface area is 170 Å². The highest BCUT2D eigenvalue weighted by atomic mass is 35.5. The zero-order valence-electron chi connectivity index (χ0n) is 14.8. The molecule has 146 valence electrons. The number of halogens is 1. The number of nitrogens with zero attached hydrogens (tertiary/aromatic N) is 1. The number of aromatic hydroxyl groups is 1. The molecule has 8 nitrogen and oxygen atoms in total. The van der Waals surface area contributed by atoms with E-state index in [0.717, 1.165) is 0 Å². The van der Waals surface area contributed by atoms with E-state index in [2.05, 4.69) is 21.2 Å². The molecule has 0 radical (unpaired) electrons. The number of amides is 3. The number of anilines is 1. The van der Waals surface area contributed by atoms with E-state index in [1.54, 1.807) is 30.5 Å². The van der Waals surface area contributed by atoms with Gasteiger partial charge in [0.2, 0.25) is 0 Å². The van der Waals surface area contributed by atoms with Gasteiger partial charge >= 0.3 is 0 Å². The Kier molecular flexibility index (Phi) is 6.06. The zero-order valence-corrected chi connectivity index (χ0v) is 15.6. The number of phenolic OH excluding ortho intramolecular Hbond substituents is 1. The molecule has 3 rings (SSSR count). The van der Waals surface area contributed by atoms with Gasteiger partial charge < -0.3 is 10.4 Å². The molecule has 0 saturated heterocycles. The zero-order chi connectivity index (χ0) is 20.8. The topological polar surface area (TPSA) is 120 Å². The number of hydrogen-bond donors (Lipinski definition) is 4. The Morgan fingerprint density at radius 3 is 2.38 bits per heavy atom. The molecule has 29 heavy (non-hydrogen) atoms. The fourth-order valence-electron chi connectivity index (χ4n) is 2.38. The van der Waals surface area contributed by atoms with Crippen LogP contribution in [0, 0.1) is 0 Å². The van der Waals surface area contributed by atoms with Crippen LogP contribution in [0.3, 0.4) is 0 Å².